The Kier molecular flexibility index (Phi) is 8.45. The van der Waals surface area contributed by atoms with Crippen LogP contribution in [0.4, 0.5) is 33.4 Å². The van der Waals surface area contributed by atoms with E-state index in [4.69, 9.17) is 4.42 Å². The van der Waals surface area contributed by atoms with E-state index in [0.29, 0.717) is 0 Å². The van der Waals surface area contributed by atoms with Gasteiger partial charge in [0, 0.05) is 61.5 Å². The maximum atomic E-state index is 7.11. The van der Waals surface area contributed by atoms with Gasteiger partial charge < -0.3 is 18.8 Å². The highest BCUT2D eigenvalue weighted by molar-refractivity contribution is 7.27. The second-order valence-electron chi connectivity index (χ2n) is 22.6. The average Bonchev–Trinajstić information content (AvgIpc) is 3.93. The first kappa shape index (κ1) is 40.5. The molecule has 2 aliphatic heterocycles. The van der Waals surface area contributed by atoms with Crippen molar-refractivity contribution in [3.8, 4) is 5.69 Å². The molecule has 0 amide bonds. The molecule has 6 aromatic carbocycles. The smallest absolute Gasteiger partial charge is 0.258 e. The molecule has 0 radical (unpaired) electrons. The van der Waals surface area contributed by atoms with Gasteiger partial charge in [0.25, 0.3) is 6.71 Å². The third-order valence-electron chi connectivity index (χ3n) is 15.1. The van der Waals surface area contributed by atoms with E-state index < -0.39 is 0 Å². The fourth-order valence-corrected chi connectivity index (χ4v) is 13.0. The second-order valence-corrected chi connectivity index (χ2v) is 23.6. The maximum absolute atomic E-state index is 7.11. The second kappa shape index (κ2) is 13.5. The molecule has 0 saturated carbocycles. The minimum Gasteiger partial charge on any atom is -0.456 e. The van der Waals surface area contributed by atoms with Crippen LogP contribution in [0.2, 0.25) is 0 Å². The third kappa shape index (κ3) is 5.88. The monoisotopic (exact) mass is 867 g/mol. The number of aromatic nitrogens is 1. The number of rotatable bonds is 3. The van der Waals surface area contributed by atoms with E-state index in [2.05, 4.69) is 218 Å². The first-order valence-corrected chi connectivity index (χ1v) is 24.4. The van der Waals surface area contributed by atoms with Gasteiger partial charge in [0.1, 0.15) is 11.2 Å². The molecule has 3 aliphatic rings. The van der Waals surface area contributed by atoms with Gasteiger partial charge in [0.2, 0.25) is 0 Å². The van der Waals surface area contributed by atoms with Crippen LogP contribution in [0.25, 0.3) is 37.8 Å². The highest BCUT2D eigenvalue weighted by atomic mass is 32.1. The number of anilines is 6. The molecule has 0 unspecified atom stereocenters. The molecule has 0 bridgehead atoms. The summed E-state index contributed by atoms with van der Waals surface area (Å²) in [5, 5.41) is 3.77. The predicted molar refractivity (Wildman–Crippen MR) is 280 cm³/mol. The van der Waals surface area contributed by atoms with Crippen molar-refractivity contribution in [3.63, 3.8) is 0 Å². The topological polar surface area (TPSA) is 24.6 Å². The first-order valence-electron chi connectivity index (χ1n) is 23.6. The van der Waals surface area contributed by atoms with Crippen LogP contribution in [-0.4, -0.2) is 11.3 Å². The Morgan fingerprint density at radius 1 is 0.585 bits per heavy atom. The lowest BCUT2D eigenvalue weighted by molar-refractivity contribution is 0.324. The van der Waals surface area contributed by atoms with Gasteiger partial charge in [-0.15, -0.1) is 11.3 Å². The van der Waals surface area contributed by atoms with Gasteiger partial charge in [-0.2, -0.15) is 0 Å². The number of aryl methyl sites for hydroxylation is 1. The Hall–Kier alpha value is -5.98. The highest BCUT2D eigenvalue weighted by Gasteiger charge is 2.48. The zero-order valence-electron chi connectivity index (χ0n) is 39.8. The van der Waals surface area contributed by atoms with Gasteiger partial charge in [0.05, 0.1) is 15.2 Å². The van der Waals surface area contributed by atoms with Crippen LogP contribution in [0.5, 0.6) is 0 Å². The van der Waals surface area contributed by atoms with E-state index in [-0.39, 0.29) is 28.4 Å². The molecule has 12 rings (SSSR count). The summed E-state index contributed by atoms with van der Waals surface area (Å²) in [5.41, 5.74) is 21.2. The molecule has 0 N–H and O–H groups in total. The number of nitrogens with zero attached hydrogens (tertiary/aromatic N) is 3. The lowest BCUT2D eigenvalue weighted by Crippen LogP contribution is -2.61. The number of para-hydroxylation sites is 2. The number of benzene rings is 6. The molecule has 0 spiro atoms. The van der Waals surface area contributed by atoms with Crippen molar-refractivity contribution < 1.29 is 4.42 Å². The standard InChI is InChI=1S/C59H58BN3OS/c1-35-31-46-50-47(32-35)63(40-27-23-37(24-28-40)57(5,6)7)55-51(52-53(65-55)41-19-15-16-20-48(41)64-52)60(50)43-33-42-44(34-45(43)61(46)39-25-21-36(22-26-39)56(2,3)4)62(38-17-13-12-14-18-38)54-49(42)58(8,9)29-30-59(54,10)11/h12-28,31-34H,29-30H2,1-11H3. The lowest BCUT2D eigenvalue weighted by Gasteiger charge is -2.43. The zero-order chi connectivity index (χ0) is 45.1. The molecule has 0 saturated heterocycles. The van der Waals surface area contributed by atoms with E-state index in [1.165, 1.54) is 104 Å². The summed E-state index contributed by atoms with van der Waals surface area (Å²) < 4.78 is 11.0. The summed E-state index contributed by atoms with van der Waals surface area (Å²) in [5.74, 6) is 0. The number of furan rings is 1. The Morgan fingerprint density at radius 2 is 1.17 bits per heavy atom. The predicted octanol–water partition coefficient (Wildman–Crippen LogP) is 14.9. The molecule has 65 heavy (non-hydrogen) atoms. The van der Waals surface area contributed by atoms with E-state index >= 15 is 0 Å². The first-order chi connectivity index (χ1) is 30.9. The van der Waals surface area contributed by atoms with Crippen LogP contribution in [0.15, 0.2) is 132 Å². The fourth-order valence-electron chi connectivity index (χ4n) is 11.6. The van der Waals surface area contributed by atoms with Gasteiger partial charge in [-0.25, -0.2) is 0 Å². The molecular formula is C59H58BN3OS. The van der Waals surface area contributed by atoms with Gasteiger partial charge in [-0.1, -0.05) is 130 Å². The van der Waals surface area contributed by atoms with Crippen molar-refractivity contribution in [1.29, 1.82) is 0 Å². The number of fused-ring (bicyclic) bond motifs is 11. The van der Waals surface area contributed by atoms with E-state index in [9.17, 15) is 0 Å². The van der Waals surface area contributed by atoms with Crippen molar-refractivity contribution >= 4 is 100 Å². The maximum Gasteiger partial charge on any atom is 0.258 e. The van der Waals surface area contributed by atoms with E-state index in [1.54, 1.807) is 0 Å². The van der Waals surface area contributed by atoms with Crippen LogP contribution < -0.4 is 26.2 Å². The highest BCUT2D eigenvalue weighted by Crippen LogP contribution is 2.54. The quantitative estimate of drug-likeness (QED) is 0.165. The molecule has 324 valence electrons. The molecule has 5 heterocycles. The van der Waals surface area contributed by atoms with Crippen LogP contribution in [0.1, 0.15) is 110 Å². The molecular weight excluding hydrogens is 810 g/mol. The number of hydrogen-bond donors (Lipinski definition) is 0. The summed E-state index contributed by atoms with van der Waals surface area (Å²) in [6, 6.07) is 48.5. The van der Waals surface area contributed by atoms with Crippen LogP contribution >= 0.6 is 11.3 Å². The third-order valence-corrected chi connectivity index (χ3v) is 16.3. The fraction of sp³-hybridized carbons (Fsp3) is 0.288. The van der Waals surface area contributed by atoms with Crippen molar-refractivity contribution in [2.75, 3.05) is 9.80 Å². The van der Waals surface area contributed by atoms with Gasteiger partial charge in [-0.3, -0.25) is 0 Å². The van der Waals surface area contributed by atoms with Crippen LogP contribution in [0.3, 0.4) is 0 Å². The Labute approximate surface area is 388 Å². The molecule has 6 heteroatoms. The normalized spacial score (nSPS) is 16.3. The zero-order valence-corrected chi connectivity index (χ0v) is 40.6. The summed E-state index contributed by atoms with van der Waals surface area (Å²) in [6.45, 7) is 25.9. The Bertz CT molecular complexity index is 3410. The van der Waals surface area contributed by atoms with Crippen LogP contribution in [-0.2, 0) is 21.7 Å². The minimum absolute atomic E-state index is 0.0170. The minimum atomic E-state index is -0.0741. The molecule has 9 aromatic rings. The summed E-state index contributed by atoms with van der Waals surface area (Å²) in [4.78, 5) is 5.15. The molecule has 0 atom stereocenters. The van der Waals surface area contributed by atoms with Crippen molar-refractivity contribution in [2.24, 2.45) is 0 Å². The largest absolute Gasteiger partial charge is 0.456 e. The SMILES string of the molecule is Cc1cc2c3c(c1)N(c1ccc(C(C)(C)C)cc1)c1sc4c(oc5ccccc54)c1B3c1cc3c4c(n(-c5ccccc5)c3cc1N2c1ccc(C(C)(C)C)cc1)C(C)(C)CCC4(C)C. The summed E-state index contributed by atoms with van der Waals surface area (Å²) >= 11 is 1.88. The molecule has 3 aromatic heterocycles. The van der Waals surface area contributed by atoms with Gasteiger partial charge in [-0.05, 0) is 136 Å². The van der Waals surface area contributed by atoms with E-state index in [0.717, 1.165) is 24.0 Å². The van der Waals surface area contributed by atoms with Gasteiger partial charge >= 0.3 is 0 Å². The number of thiophene rings is 1. The van der Waals surface area contributed by atoms with Crippen LogP contribution in [0, 0.1) is 6.92 Å². The van der Waals surface area contributed by atoms with Crippen molar-refractivity contribution in [2.45, 2.75) is 111 Å². The molecule has 4 nitrogen and oxygen atoms in total. The van der Waals surface area contributed by atoms with E-state index in [1.807, 2.05) is 11.3 Å². The molecule has 1 aliphatic carbocycles. The summed E-state index contributed by atoms with van der Waals surface area (Å²) in [6.07, 6.45) is 2.27. The average molecular weight is 868 g/mol. The summed E-state index contributed by atoms with van der Waals surface area (Å²) in [7, 11) is 0. The van der Waals surface area contributed by atoms with Crippen molar-refractivity contribution in [1.82, 2.24) is 4.57 Å². The Balaban J connectivity index is 1.24. The molecule has 0 fully saturated rings. The van der Waals surface area contributed by atoms with Crippen molar-refractivity contribution in [3.05, 3.63) is 155 Å². The van der Waals surface area contributed by atoms with Gasteiger partial charge in [0.15, 0.2) is 0 Å². The Morgan fingerprint density at radius 3 is 1.82 bits per heavy atom. The number of hydrogen-bond acceptors (Lipinski definition) is 4. The lowest BCUT2D eigenvalue weighted by atomic mass is 9.33.